The second-order valence-corrected chi connectivity index (χ2v) is 9.46. The molecule has 1 N–H and O–H groups in total. The molecule has 1 aliphatic heterocycles. The third-order valence-electron chi connectivity index (χ3n) is 2.47. The van der Waals surface area contributed by atoms with Gasteiger partial charge in [-0.25, -0.2) is 0 Å². The van der Waals surface area contributed by atoms with E-state index >= 15 is 0 Å². The zero-order valence-corrected chi connectivity index (χ0v) is 10.8. The zero-order chi connectivity index (χ0) is 10.9. The first-order valence-corrected chi connectivity index (χ1v) is 9.02. The quantitative estimate of drug-likeness (QED) is 0.774. The van der Waals surface area contributed by atoms with Crippen LogP contribution in [0, 0.1) is 0 Å². The normalized spacial score (nSPS) is 15.4. The largest absolute Gasteiger partial charge is 0.544 e. The van der Waals surface area contributed by atoms with Gasteiger partial charge in [-0.2, -0.15) is 0 Å². The van der Waals surface area contributed by atoms with E-state index in [1.807, 2.05) is 0 Å². The number of nitrogens with one attached hydrogen (secondary N) is 1. The molecule has 0 unspecified atom stereocenters. The Morgan fingerprint density at radius 3 is 2.80 bits per heavy atom. The van der Waals surface area contributed by atoms with Gasteiger partial charge < -0.3 is 9.74 Å². The van der Waals surface area contributed by atoms with Gasteiger partial charge in [0.05, 0.1) is 0 Å². The lowest BCUT2D eigenvalue weighted by Crippen LogP contribution is -2.30. The Bertz CT molecular complexity index is 357. The van der Waals surface area contributed by atoms with E-state index in [1.54, 1.807) is 0 Å². The van der Waals surface area contributed by atoms with Crippen molar-refractivity contribution in [2.45, 2.75) is 32.5 Å². The summed E-state index contributed by atoms with van der Waals surface area (Å²) in [5, 5.41) is 3.42. The topological polar surface area (TPSA) is 21.3 Å². The van der Waals surface area contributed by atoms with Crippen LogP contribution in [-0.4, -0.2) is 14.9 Å². The number of rotatable bonds is 2. The first kappa shape index (κ1) is 10.6. The molecular formula is C12H19NOSi. The average Bonchev–Trinajstić information content (AvgIpc) is 2.16. The smallest absolute Gasteiger partial charge is 0.242 e. The molecule has 1 heterocycles. The molecule has 1 aromatic carbocycles. The molecule has 82 valence electrons. The molecule has 0 saturated carbocycles. The highest BCUT2D eigenvalue weighted by Gasteiger charge is 2.20. The van der Waals surface area contributed by atoms with Gasteiger partial charge in [0.15, 0.2) is 0 Å². The van der Waals surface area contributed by atoms with Crippen LogP contribution in [0.4, 0.5) is 5.69 Å². The Balaban J connectivity index is 2.31. The fraction of sp³-hybridized carbons (Fsp3) is 0.500. The van der Waals surface area contributed by atoms with E-state index < -0.39 is 8.32 Å². The summed E-state index contributed by atoms with van der Waals surface area (Å²) < 4.78 is 6.10. The van der Waals surface area contributed by atoms with Gasteiger partial charge in [0.25, 0.3) is 0 Å². The Kier molecular flexibility index (Phi) is 2.74. The third-order valence-corrected chi connectivity index (χ3v) is 3.30. The van der Waals surface area contributed by atoms with Crippen molar-refractivity contribution in [2.75, 3.05) is 11.9 Å². The van der Waals surface area contributed by atoms with Crippen LogP contribution in [0.15, 0.2) is 18.2 Å². The molecule has 0 spiro atoms. The van der Waals surface area contributed by atoms with E-state index in [4.69, 9.17) is 4.43 Å². The van der Waals surface area contributed by atoms with Crippen molar-refractivity contribution in [3.8, 4) is 5.75 Å². The summed E-state index contributed by atoms with van der Waals surface area (Å²) in [5.74, 6) is 1.10. The van der Waals surface area contributed by atoms with Crippen LogP contribution in [-0.2, 0) is 6.42 Å². The molecule has 0 amide bonds. The van der Waals surface area contributed by atoms with Crippen molar-refractivity contribution in [3.05, 3.63) is 23.8 Å². The molecule has 0 atom stereocenters. The molecule has 15 heavy (non-hydrogen) atoms. The molecule has 3 heteroatoms. The van der Waals surface area contributed by atoms with E-state index in [0.717, 1.165) is 18.7 Å². The third kappa shape index (κ3) is 2.53. The minimum atomic E-state index is -1.49. The lowest BCUT2D eigenvalue weighted by atomic mass is 10.0. The van der Waals surface area contributed by atoms with Gasteiger partial charge in [-0.15, -0.1) is 0 Å². The van der Waals surface area contributed by atoms with Gasteiger partial charge in [-0.1, -0.05) is 6.07 Å². The summed E-state index contributed by atoms with van der Waals surface area (Å²) in [4.78, 5) is 0. The van der Waals surface area contributed by atoms with Gasteiger partial charge in [-0.05, 0) is 44.6 Å². The molecule has 0 aromatic heterocycles. The summed E-state index contributed by atoms with van der Waals surface area (Å²) in [5.41, 5.74) is 2.63. The maximum Gasteiger partial charge on any atom is 0.242 e. The van der Waals surface area contributed by atoms with Crippen molar-refractivity contribution in [3.63, 3.8) is 0 Å². The highest BCUT2D eigenvalue weighted by molar-refractivity contribution is 6.70. The van der Waals surface area contributed by atoms with Crippen molar-refractivity contribution < 1.29 is 4.43 Å². The van der Waals surface area contributed by atoms with Crippen LogP contribution in [0.5, 0.6) is 5.75 Å². The molecular weight excluding hydrogens is 202 g/mol. The number of fused-ring (bicyclic) bond motifs is 1. The Labute approximate surface area is 92.8 Å². The van der Waals surface area contributed by atoms with Gasteiger partial charge in [0.2, 0.25) is 8.32 Å². The Morgan fingerprint density at radius 1 is 1.27 bits per heavy atom. The van der Waals surface area contributed by atoms with Gasteiger partial charge in [0.1, 0.15) is 5.75 Å². The van der Waals surface area contributed by atoms with Crippen molar-refractivity contribution in [1.82, 2.24) is 0 Å². The predicted molar refractivity (Wildman–Crippen MR) is 67.2 cm³/mol. The molecule has 0 bridgehead atoms. The van der Waals surface area contributed by atoms with E-state index in [1.165, 1.54) is 17.7 Å². The van der Waals surface area contributed by atoms with Gasteiger partial charge in [-0.3, -0.25) is 0 Å². The fourth-order valence-corrected chi connectivity index (χ4v) is 2.75. The number of benzene rings is 1. The second-order valence-electron chi connectivity index (χ2n) is 5.03. The second kappa shape index (κ2) is 3.89. The Morgan fingerprint density at radius 2 is 2.07 bits per heavy atom. The first-order chi connectivity index (χ1) is 7.06. The van der Waals surface area contributed by atoms with Crippen LogP contribution in [0.1, 0.15) is 12.0 Å². The van der Waals surface area contributed by atoms with Crippen LogP contribution in [0.2, 0.25) is 19.6 Å². The van der Waals surface area contributed by atoms with Gasteiger partial charge >= 0.3 is 0 Å². The maximum atomic E-state index is 6.10. The molecule has 1 aliphatic rings. The SMILES string of the molecule is C[Si](C)(C)Oc1cccc2c1CCCN2. The number of hydrogen-bond donors (Lipinski definition) is 1. The van der Waals surface area contributed by atoms with E-state index in [9.17, 15) is 0 Å². The van der Waals surface area contributed by atoms with E-state index in [2.05, 4.69) is 43.2 Å². The molecule has 0 aliphatic carbocycles. The lowest BCUT2D eigenvalue weighted by molar-refractivity contribution is 0.546. The summed E-state index contributed by atoms with van der Waals surface area (Å²) in [6.45, 7) is 7.76. The van der Waals surface area contributed by atoms with Crippen LogP contribution in [0.25, 0.3) is 0 Å². The maximum absolute atomic E-state index is 6.10. The molecule has 0 saturated heterocycles. The summed E-state index contributed by atoms with van der Waals surface area (Å²) in [6.07, 6.45) is 2.35. The van der Waals surface area contributed by atoms with Crippen molar-refractivity contribution in [1.29, 1.82) is 0 Å². The van der Waals surface area contributed by atoms with Crippen LogP contribution < -0.4 is 9.74 Å². The highest BCUT2D eigenvalue weighted by Crippen LogP contribution is 2.31. The highest BCUT2D eigenvalue weighted by atomic mass is 28.4. The van der Waals surface area contributed by atoms with Gasteiger partial charge in [0, 0.05) is 17.8 Å². The van der Waals surface area contributed by atoms with Crippen molar-refractivity contribution in [2.24, 2.45) is 0 Å². The predicted octanol–water partition coefficient (Wildman–Crippen LogP) is 3.26. The summed E-state index contributed by atoms with van der Waals surface area (Å²) in [7, 11) is -1.49. The van der Waals surface area contributed by atoms with E-state index in [0.29, 0.717) is 0 Å². The number of anilines is 1. The monoisotopic (exact) mass is 221 g/mol. The first-order valence-electron chi connectivity index (χ1n) is 5.61. The summed E-state index contributed by atoms with van der Waals surface area (Å²) >= 11 is 0. The zero-order valence-electron chi connectivity index (χ0n) is 9.76. The number of hydrogen-bond acceptors (Lipinski definition) is 2. The molecule has 2 rings (SSSR count). The molecule has 1 aromatic rings. The molecule has 2 nitrogen and oxygen atoms in total. The Hall–Kier alpha value is -0.963. The van der Waals surface area contributed by atoms with E-state index in [-0.39, 0.29) is 0 Å². The van der Waals surface area contributed by atoms with Crippen LogP contribution >= 0.6 is 0 Å². The standard InChI is InChI=1S/C12H19NOSi/c1-15(2,3)14-12-8-4-7-11-10(12)6-5-9-13-11/h4,7-8,13H,5-6,9H2,1-3H3. The molecule has 0 fully saturated rings. The fourth-order valence-electron chi connectivity index (χ4n) is 1.90. The minimum absolute atomic E-state index is 1.09. The average molecular weight is 221 g/mol. The lowest BCUT2D eigenvalue weighted by Gasteiger charge is -2.25. The summed E-state index contributed by atoms with van der Waals surface area (Å²) in [6, 6.07) is 6.32. The van der Waals surface area contributed by atoms with Crippen molar-refractivity contribution >= 4 is 14.0 Å². The molecule has 0 radical (unpaired) electrons. The van der Waals surface area contributed by atoms with Crippen LogP contribution in [0.3, 0.4) is 0 Å². The minimum Gasteiger partial charge on any atom is -0.544 e.